The van der Waals surface area contributed by atoms with Gasteiger partial charge in [0.05, 0.1) is 6.54 Å². The standard InChI is InChI=1S/C22H27NO3S/c1-22(2,3)26-21(24)23(4)15-17-12-10-16-11-13-19(14-20(16)25-17)27-18-8-6-5-7-9-18/h5-9,11,13-14,17H,10,12,15H2,1-4H3. The normalized spacial score (nSPS) is 16.2. The molecule has 0 aromatic heterocycles. The summed E-state index contributed by atoms with van der Waals surface area (Å²) in [7, 11) is 1.76. The van der Waals surface area contributed by atoms with Crippen LogP contribution in [0, 0.1) is 0 Å². The quantitative estimate of drug-likeness (QED) is 0.706. The van der Waals surface area contributed by atoms with Crippen LogP contribution in [0.1, 0.15) is 32.8 Å². The molecule has 1 aliphatic rings. The number of likely N-dealkylation sites (N-methyl/N-ethyl adjacent to an activating group) is 1. The molecular weight excluding hydrogens is 358 g/mol. The molecule has 0 saturated carbocycles. The van der Waals surface area contributed by atoms with Gasteiger partial charge in [-0.3, -0.25) is 0 Å². The molecule has 0 saturated heterocycles. The summed E-state index contributed by atoms with van der Waals surface area (Å²) in [6.45, 7) is 6.14. The third-order valence-corrected chi connectivity index (χ3v) is 5.23. The number of carbonyl (C=O) groups is 1. The third-order valence-electron chi connectivity index (χ3n) is 4.23. The molecule has 5 heteroatoms. The van der Waals surface area contributed by atoms with Crippen LogP contribution in [0.15, 0.2) is 58.3 Å². The summed E-state index contributed by atoms with van der Waals surface area (Å²) in [6.07, 6.45) is 1.52. The molecule has 1 unspecified atom stereocenters. The van der Waals surface area contributed by atoms with E-state index in [1.54, 1.807) is 23.7 Å². The average molecular weight is 386 g/mol. The monoisotopic (exact) mass is 385 g/mol. The molecule has 144 valence electrons. The molecule has 0 aliphatic carbocycles. The number of carbonyl (C=O) groups excluding carboxylic acids is 1. The van der Waals surface area contributed by atoms with E-state index in [9.17, 15) is 4.79 Å². The predicted octanol–water partition coefficient (Wildman–Crippen LogP) is 5.40. The van der Waals surface area contributed by atoms with Gasteiger partial charge in [0, 0.05) is 16.8 Å². The molecule has 0 bridgehead atoms. The van der Waals surface area contributed by atoms with E-state index in [2.05, 4.69) is 30.3 Å². The molecule has 0 radical (unpaired) electrons. The number of hydrogen-bond acceptors (Lipinski definition) is 4. The third kappa shape index (κ3) is 5.67. The van der Waals surface area contributed by atoms with Crippen molar-refractivity contribution >= 4 is 17.9 Å². The molecule has 0 spiro atoms. The van der Waals surface area contributed by atoms with Gasteiger partial charge in [0.1, 0.15) is 17.5 Å². The molecule has 0 fully saturated rings. The van der Waals surface area contributed by atoms with E-state index in [0.29, 0.717) is 6.54 Å². The molecule has 1 atom stereocenters. The highest BCUT2D eigenvalue weighted by molar-refractivity contribution is 7.99. The van der Waals surface area contributed by atoms with Gasteiger partial charge < -0.3 is 14.4 Å². The Kier molecular flexibility index (Phi) is 6.00. The minimum atomic E-state index is -0.491. The summed E-state index contributed by atoms with van der Waals surface area (Å²) in [5.74, 6) is 0.921. The number of rotatable bonds is 4. The second-order valence-corrected chi connectivity index (χ2v) is 8.97. The van der Waals surface area contributed by atoms with E-state index >= 15 is 0 Å². The molecule has 2 aromatic rings. The van der Waals surface area contributed by atoms with Crippen molar-refractivity contribution in [2.75, 3.05) is 13.6 Å². The van der Waals surface area contributed by atoms with Crippen LogP contribution in [0.4, 0.5) is 4.79 Å². The Hall–Kier alpha value is -2.14. The average Bonchev–Trinajstić information content (AvgIpc) is 2.61. The summed E-state index contributed by atoms with van der Waals surface area (Å²) in [5, 5.41) is 0. The zero-order valence-electron chi connectivity index (χ0n) is 16.4. The molecule has 1 amide bonds. The zero-order chi connectivity index (χ0) is 19.4. The van der Waals surface area contributed by atoms with E-state index in [1.165, 1.54) is 10.5 Å². The Morgan fingerprint density at radius 2 is 1.93 bits per heavy atom. The smallest absolute Gasteiger partial charge is 0.410 e. The first-order chi connectivity index (χ1) is 12.8. The predicted molar refractivity (Wildman–Crippen MR) is 109 cm³/mol. The maximum absolute atomic E-state index is 12.2. The van der Waals surface area contributed by atoms with Crippen molar-refractivity contribution in [3.63, 3.8) is 0 Å². The largest absolute Gasteiger partial charge is 0.488 e. The van der Waals surface area contributed by atoms with Crippen molar-refractivity contribution in [3.8, 4) is 5.75 Å². The number of amides is 1. The lowest BCUT2D eigenvalue weighted by Crippen LogP contribution is -2.41. The van der Waals surface area contributed by atoms with Crippen LogP contribution < -0.4 is 4.74 Å². The van der Waals surface area contributed by atoms with Crippen LogP contribution in [0.2, 0.25) is 0 Å². The summed E-state index contributed by atoms with van der Waals surface area (Å²) in [5.41, 5.74) is 0.734. The van der Waals surface area contributed by atoms with Crippen LogP contribution in [0.3, 0.4) is 0 Å². The van der Waals surface area contributed by atoms with E-state index in [-0.39, 0.29) is 12.2 Å². The van der Waals surface area contributed by atoms with Crippen molar-refractivity contribution in [3.05, 3.63) is 54.1 Å². The Labute approximate surface area is 165 Å². The topological polar surface area (TPSA) is 38.8 Å². The molecule has 0 N–H and O–H groups in total. The first kappa shape index (κ1) is 19.6. The summed E-state index contributed by atoms with van der Waals surface area (Å²) in [4.78, 5) is 16.1. The molecular formula is C22H27NO3S. The lowest BCUT2D eigenvalue weighted by atomic mass is 10.0. The maximum atomic E-state index is 12.2. The molecule has 1 aliphatic heterocycles. The Morgan fingerprint density at radius 1 is 1.19 bits per heavy atom. The van der Waals surface area contributed by atoms with E-state index in [4.69, 9.17) is 9.47 Å². The van der Waals surface area contributed by atoms with Crippen LogP contribution >= 0.6 is 11.8 Å². The number of benzene rings is 2. The van der Waals surface area contributed by atoms with Gasteiger partial charge in [0.15, 0.2) is 0 Å². The van der Waals surface area contributed by atoms with Gasteiger partial charge in [-0.05, 0) is 63.4 Å². The summed E-state index contributed by atoms with van der Waals surface area (Å²) < 4.78 is 11.6. The van der Waals surface area contributed by atoms with Crippen molar-refractivity contribution < 1.29 is 14.3 Å². The van der Waals surface area contributed by atoms with Gasteiger partial charge in [-0.15, -0.1) is 0 Å². The van der Waals surface area contributed by atoms with Gasteiger partial charge in [-0.1, -0.05) is 36.0 Å². The molecule has 2 aromatic carbocycles. The van der Waals surface area contributed by atoms with Gasteiger partial charge in [0.25, 0.3) is 0 Å². The highest BCUT2D eigenvalue weighted by Gasteiger charge is 2.25. The molecule has 1 heterocycles. The van der Waals surface area contributed by atoms with E-state index in [1.807, 2.05) is 39.0 Å². The van der Waals surface area contributed by atoms with Crippen LogP contribution in [-0.4, -0.2) is 36.3 Å². The Morgan fingerprint density at radius 3 is 2.63 bits per heavy atom. The first-order valence-corrected chi connectivity index (χ1v) is 10.1. The van der Waals surface area contributed by atoms with Gasteiger partial charge in [-0.2, -0.15) is 0 Å². The Balaban J connectivity index is 1.63. The minimum absolute atomic E-state index is 0.0213. The summed E-state index contributed by atoms with van der Waals surface area (Å²) >= 11 is 1.72. The fraction of sp³-hybridized carbons (Fsp3) is 0.409. The molecule has 3 rings (SSSR count). The Bertz CT molecular complexity index is 786. The second-order valence-electron chi connectivity index (χ2n) is 7.82. The lowest BCUT2D eigenvalue weighted by Gasteiger charge is -2.31. The fourth-order valence-corrected chi connectivity index (χ4v) is 3.81. The number of hydrogen-bond donors (Lipinski definition) is 0. The molecule has 27 heavy (non-hydrogen) atoms. The molecule has 4 nitrogen and oxygen atoms in total. The van der Waals surface area contributed by atoms with Gasteiger partial charge >= 0.3 is 6.09 Å². The highest BCUT2D eigenvalue weighted by atomic mass is 32.2. The fourth-order valence-electron chi connectivity index (χ4n) is 2.94. The highest BCUT2D eigenvalue weighted by Crippen LogP contribution is 2.35. The number of ether oxygens (including phenoxy) is 2. The van der Waals surface area contributed by atoms with E-state index in [0.717, 1.165) is 23.5 Å². The summed E-state index contributed by atoms with van der Waals surface area (Å²) in [6, 6.07) is 16.7. The van der Waals surface area contributed by atoms with Crippen molar-refractivity contribution in [1.29, 1.82) is 0 Å². The second kappa shape index (κ2) is 8.26. The first-order valence-electron chi connectivity index (χ1n) is 9.27. The minimum Gasteiger partial charge on any atom is -0.488 e. The van der Waals surface area contributed by atoms with Crippen LogP contribution in [0.25, 0.3) is 0 Å². The van der Waals surface area contributed by atoms with Gasteiger partial charge in [0.2, 0.25) is 0 Å². The number of nitrogens with zero attached hydrogens (tertiary/aromatic N) is 1. The van der Waals surface area contributed by atoms with Crippen LogP contribution in [-0.2, 0) is 11.2 Å². The lowest BCUT2D eigenvalue weighted by molar-refractivity contribution is 0.0213. The van der Waals surface area contributed by atoms with Crippen LogP contribution in [0.5, 0.6) is 5.75 Å². The van der Waals surface area contributed by atoms with Crippen molar-refractivity contribution in [1.82, 2.24) is 4.90 Å². The van der Waals surface area contributed by atoms with E-state index < -0.39 is 5.60 Å². The number of fused-ring (bicyclic) bond motifs is 1. The SMILES string of the molecule is CN(CC1CCc2ccc(Sc3ccccc3)cc2O1)C(=O)OC(C)(C)C. The maximum Gasteiger partial charge on any atom is 0.410 e. The van der Waals surface area contributed by atoms with Crippen molar-refractivity contribution in [2.45, 2.75) is 55.1 Å². The van der Waals surface area contributed by atoms with Crippen molar-refractivity contribution in [2.24, 2.45) is 0 Å². The number of aryl methyl sites for hydroxylation is 1. The van der Waals surface area contributed by atoms with Gasteiger partial charge in [-0.25, -0.2) is 4.79 Å². The zero-order valence-corrected chi connectivity index (χ0v) is 17.2.